The third-order valence-corrected chi connectivity index (χ3v) is 5.58. The van der Waals surface area contributed by atoms with Gasteiger partial charge in [-0.3, -0.25) is 4.79 Å². The number of esters is 1. The van der Waals surface area contributed by atoms with Gasteiger partial charge in [0.05, 0.1) is 11.5 Å². The van der Waals surface area contributed by atoms with Gasteiger partial charge >= 0.3 is 5.97 Å². The number of hydrogen-bond acceptors (Lipinski definition) is 6. The maximum Gasteiger partial charge on any atom is 0.344 e. The Balaban J connectivity index is 1.77. The number of aliphatic hydroxyl groups is 1. The fourth-order valence-electron chi connectivity index (χ4n) is 2.93. The number of carbonyl (C=O) groups is 2. The number of rotatable bonds is 8. The number of thioether (sulfide) groups is 1. The summed E-state index contributed by atoms with van der Waals surface area (Å²) < 4.78 is 23.7. The number of benzene rings is 2. The summed E-state index contributed by atoms with van der Waals surface area (Å²) in [5.74, 6) is -1.03. The zero-order chi connectivity index (χ0) is 23.8. The number of hydrogen-bond donors (Lipinski definition) is 1. The Kier molecular flexibility index (Phi) is 8.43. The van der Waals surface area contributed by atoms with E-state index in [1.54, 1.807) is 49.4 Å². The third-order valence-electron chi connectivity index (χ3n) is 4.56. The van der Waals surface area contributed by atoms with Crippen molar-refractivity contribution in [2.24, 2.45) is 4.99 Å². The summed E-state index contributed by atoms with van der Waals surface area (Å²) >= 11 is 1.05. The zero-order valence-electron chi connectivity index (χ0n) is 18.3. The Bertz CT molecular complexity index is 1100. The van der Waals surface area contributed by atoms with Gasteiger partial charge in [0.15, 0.2) is 0 Å². The van der Waals surface area contributed by atoms with Gasteiger partial charge in [0.25, 0.3) is 0 Å². The second-order valence-corrected chi connectivity index (χ2v) is 8.13. The van der Waals surface area contributed by atoms with Crippen LogP contribution in [0.1, 0.15) is 37.8 Å². The van der Waals surface area contributed by atoms with Crippen LogP contribution in [0.4, 0.5) is 4.39 Å². The van der Waals surface area contributed by atoms with Gasteiger partial charge in [-0.05, 0) is 54.8 Å². The van der Waals surface area contributed by atoms with Gasteiger partial charge < -0.3 is 14.6 Å². The quantitative estimate of drug-likeness (QED) is 0.507. The molecule has 1 heterocycles. The van der Waals surface area contributed by atoms with Crippen molar-refractivity contribution in [3.05, 3.63) is 81.7 Å². The second-order valence-electron chi connectivity index (χ2n) is 7.10. The van der Waals surface area contributed by atoms with Gasteiger partial charge in [0, 0.05) is 6.42 Å². The first-order valence-corrected chi connectivity index (χ1v) is 11.3. The summed E-state index contributed by atoms with van der Waals surface area (Å²) in [5.41, 5.74) is 1.50. The molecule has 1 N–H and O–H groups in total. The summed E-state index contributed by atoms with van der Waals surface area (Å²) in [6.45, 7) is 3.95. The van der Waals surface area contributed by atoms with Crippen LogP contribution in [0.2, 0.25) is 0 Å². The van der Waals surface area contributed by atoms with Crippen LogP contribution in [0, 0.1) is 5.82 Å². The molecule has 0 fully saturated rings. The van der Waals surface area contributed by atoms with Crippen LogP contribution in [0.15, 0.2) is 69.8 Å². The highest BCUT2D eigenvalue weighted by Crippen LogP contribution is 2.39. The molecule has 2 aromatic rings. The Labute approximate surface area is 195 Å². The highest BCUT2D eigenvalue weighted by atomic mass is 32.2. The monoisotopic (exact) mass is 469 g/mol. The lowest BCUT2D eigenvalue weighted by atomic mass is 10.1. The smallest absolute Gasteiger partial charge is 0.344 e. The molecule has 0 atom stereocenters. The van der Waals surface area contributed by atoms with Gasteiger partial charge in [-0.15, -0.1) is 0 Å². The molecule has 0 spiro atoms. The molecule has 2 aromatic carbocycles. The number of halogens is 1. The van der Waals surface area contributed by atoms with E-state index in [9.17, 15) is 19.1 Å². The summed E-state index contributed by atoms with van der Waals surface area (Å²) in [6, 6.07) is 13.2. The first kappa shape index (κ1) is 24.3. The molecule has 0 radical (unpaired) electrons. The molecule has 0 unspecified atom stereocenters. The average molecular weight is 470 g/mol. The normalized spacial score (nSPS) is 15.8. The third kappa shape index (κ3) is 6.55. The predicted octanol–water partition coefficient (Wildman–Crippen LogP) is 5.59. The SMILES string of the molecule is CCCC(=O)N=C1S/C(=C\c2ccc(OCc3ccc(F)cc3)cc2)C(O)=C1C(=O)OCC. The fraction of sp³-hybridized carbons (Fsp3) is 0.240. The molecule has 3 rings (SSSR count). The molecular formula is C25H24FNO5S. The molecule has 0 aromatic heterocycles. The van der Waals surface area contributed by atoms with Crippen molar-refractivity contribution in [3.8, 4) is 5.75 Å². The number of amides is 1. The maximum atomic E-state index is 13.0. The highest BCUT2D eigenvalue weighted by molar-refractivity contribution is 8.18. The van der Waals surface area contributed by atoms with Crippen LogP contribution >= 0.6 is 11.8 Å². The van der Waals surface area contributed by atoms with Gasteiger partial charge in [-0.2, -0.15) is 0 Å². The largest absolute Gasteiger partial charge is 0.506 e. The first-order valence-electron chi connectivity index (χ1n) is 10.5. The maximum absolute atomic E-state index is 13.0. The van der Waals surface area contributed by atoms with E-state index in [1.807, 2.05) is 6.92 Å². The van der Waals surface area contributed by atoms with E-state index in [1.165, 1.54) is 12.1 Å². The minimum Gasteiger partial charge on any atom is -0.506 e. The van der Waals surface area contributed by atoms with Crippen LogP contribution in [-0.2, 0) is 20.9 Å². The van der Waals surface area contributed by atoms with Crippen LogP contribution in [0.25, 0.3) is 6.08 Å². The summed E-state index contributed by atoms with van der Waals surface area (Å²) in [6.07, 6.45) is 2.57. The van der Waals surface area contributed by atoms with Crippen molar-refractivity contribution < 1.29 is 28.6 Å². The van der Waals surface area contributed by atoms with Crippen molar-refractivity contribution in [3.63, 3.8) is 0 Å². The number of aliphatic hydroxyl groups excluding tert-OH is 1. The molecule has 1 aliphatic heterocycles. The van der Waals surface area contributed by atoms with E-state index in [2.05, 4.69) is 4.99 Å². The Morgan fingerprint density at radius 2 is 1.79 bits per heavy atom. The van der Waals surface area contributed by atoms with Crippen molar-refractivity contribution in [2.45, 2.75) is 33.3 Å². The molecule has 0 saturated carbocycles. The van der Waals surface area contributed by atoms with Crippen LogP contribution < -0.4 is 4.74 Å². The minimum absolute atomic E-state index is 0.100. The van der Waals surface area contributed by atoms with Gasteiger partial charge in [0.2, 0.25) is 5.91 Å². The van der Waals surface area contributed by atoms with E-state index < -0.39 is 5.97 Å². The molecular weight excluding hydrogens is 445 g/mol. The average Bonchev–Trinajstić information content (AvgIpc) is 3.09. The van der Waals surface area contributed by atoms with Crippen molar-refractivity contribution in [2.75, 3.05) is 6.61 Å². The van der Waals surface area contributed by atoms with E-state index in [4.69, 9.17) is 9.47 Å². The lowest BCUT2D eigenvalue weighted by Gasteiger charge is -2.07. The van der Waals surface area contributed by atoms with Crippen molar-refractivity contribution in [1.29, 1.82) is 0 Å². The second kappa shape index (κ2) is 11.5. The summed E-state index contributed by atoms with van der Waals surface area (Å²) in [4.78, 5) is 28.7. The summed E-state index contributed by atoms with van der Waals surface area (Å²) in [5, 5.41) is 10.8. The first-order chi connectivity index (χ1) is 15.9. The Hall–Kier alpha value is -3.39. The van der Waals surface area contributed by atoms with Gasteiger partial charge in [-0.25, -0.2) is 14.2 Å². The summed E-state index contributed by atoms with van der Waals surface area (Å²) in [7, 11) is 0. The lowest BCUT2D eigenvalue weighted by molar-refractivity contribution is -0.138. The highest BCUT2D eigenvalue weighted by Gasteiger charge is 2.33. The van der Waals surface area contributed by atoms with Gasteiger partial charge in [-0.1, -0.05) is 43.0 Å². The van der Waals surface area contributed by atoms with Crippen LogP contribution in [0.3, 0.4) is 0 Å². The van der Waals surface area contributed by atoms with E-state index >= 15 is 0 Å². The molecule has 172 valence electrons. The molecule has 6 nitrogen and oxygen atoms in total. The molecule has 0 saturated heterocycles. The number of nitrogens with zero attached hydrogens (tertiary/aromatic N) is 1. The Morgan fingerprint density at radius 3 is 2.42 bits per heavy atom. The minimum atomic E-state index is -0.724. The molecule has 33 heavy (non-hydrogen) atoms. The molecule has 8 heteroatoms. The topological polar surface area (TPSA) is 85.2 Å². The predicted molar refractivity (Wildman–Crippen MR) is 126 cm³/mol. The van der Waals surface area contributed by atoms with Crippen LogP contribution in [0.5, 0.6) is 5.75 Å². The Morgan fingerprint density at radius 1 is 1.09 bits per heavy atom. The number of carbonyl (C=O) groups excluding carboxylic acids is 2. The standard InChI is InChI=1S/C25H24FNO5S/c1-3-5-21(28)27-24-22(25(30)31-4-2)23(29)20(33-24)14-16-8-12-19(13-9-16)32-15-17-6-10-18(26)11-7-17/h6-14,29H,3-5,15H2,1-2H3/b20-14-,27-24?. The molecule has 1 aliphatic rings. The number of ether oxygens (including phenoxy) is 2. The van der Waals surface area contributed by atoms with Crippen molar-refractivity contribution >= 4 is 34.8 Å². The molecule has 1 amide bonds. The van der Waals surface area contributed by atoms with Gasteiger partial charge in [0.1, 0.15) is 34.5 Å². The van der Waals surface area contributed by atoms with E-state index in [0.29, 0.717) is 23.7 Å². The van der Waals surface area contributed by atoms with Crippen molar-refractivity contribution in [1.82, 2.24) is 0 Å². The van der Waals surface area contributed by atoms with Crippen LogP contribution in [-0.4, -0.2) is 28.6 Å². The molecule has 0 bridgehead atoms. The van der Waals surface area contributed by atoms with E-state index in [0.717, 1.165) is 22.9 Å². The molecule has 0 aliphatic carbocycles. The van der Waals surface area contributed by atoms with E-state index in [-0.39, 0.29) is 41.1 Å². The fourth-order valence-corrected chi connectivity index (χ4v) is 3.97. The zero-order valence-corrected chi connectivity index (χ0v) is 19.2. The lowest BCUT2D eigenvalue weighted by Crippen LogP contribution is -2.14. The number of aliphatic imine (C=N–C) groups is 1.